The molecule has 2 aromatic rings. The van der Waals surface area contributed by atoms with Crippen LogP contribution in [0.4, 0.5) is 0 Å². The molecule has 0 fully saturated rings. The van der Waals surface area contributed by atoms with Gasteiger partial charge < -0.3 is 14.6 Å². The molecule has 1 N–H and O–H groups in total. The maximum absolute atomic E-state index is 13.9. The third-order valence-corrected chi connectivity index (χ3v) is 8.26. The first-order chi connectivity index (χ1) is 15.6. The molecule has 0 bridgehead atoms. The Bertz CT molecular complexity index is 968. The lowest BCUT2D eigenvalue weighted by Gasteiger charge is -2.33. The first-order valence-electron chi connectivity index (χ1n) is 10.7. The van der Waals surface area contributed by atoms with Crippen LogP contribution >= 0.6 is 0 Å². The number of rotatable bonds is 13. The number of nitrogens with zero attached hydrogens (tertiary/aromatic N) is 1. The number of hydrogen-bond donors (Lipinski definition) is 1. The quantitative estimate of drug-likeness (QED) is 0.433. The molecule has 33 heavy (non-hydrogen) atoms. The maximum atomic E-state index is 13.9. The summed E-state index contributed by atoms with van der Waals surface area (Å²) in [5.74, 6) is -1.32. The second kappa shape index (κ2) is 11.9. The van der Waals surface area contributed by atoms with E-state index in [9.17, 15) is 18.3 Å². The van der Waals surface area contributed by atoms with Crippen molar-refractivity contribution in [1.29, 1.82) is 0 Å². The predicted octanol–water partition coefficient (Wildman–Crippen LogP) is 4.34. The van der Waals surface area contributed by atoms with Crippen molar-refractivity contribution in [1.82, 2.24) is 4.31 Å². The maximum Gasteiger partial charge on any atom is 0.307 e. The summed E-state index contributed by atoms with van der Waals surface area (Å²) in [7, 11) is -0.887. The van der Waals surface area contributed by atoms with Gasteiger partial charge in [-0.15, -0.1) is 6.58 Å². The van der Waals surface area contributed by atoms with E-state index in [2.05, 4.69) is 6.58 Å². The van der Waals surface area contributed by atoms with Crippen molar-refractivity contribution >= 4 is 16.0 Å². The Kier molecular flexibility index (Phi) is 9.49. The minimum atomic E-state index is -4.01. The Morgan fingerprint density at radius 1 is 0.970 bits per heavy atom. The molecule has 8 heteroatoms. The van der Waals surface area contributed by atoms with Crippen molar-refractivity contribution in [3.63, 3.8) is 0 Å². The van der Waals surface area contributed by atoms with E-state index in [0.29, 0.717) is 17.9 Å². The molecule has 0 radical (unpaired) electrons. The highest BCUT2D eigenvalue weighted by molar-refractivity contribution is 7.89. The van der Waals surface area contributed by atoms with Crippen molar-refractivity contribution in [3.05, 3.63) is 72.3 Å². The van der Waals surface area contributed by atoms with E-state index in [1.165, 1.54) is 11.2 Å². The topological polar surface area (TPSA) is 93.1 Å². The summed E-state index contributed by atoms with van der Waals surface area (Å²) in [4.78, 5) is 11.8. The second-order valence-electron chi connectivity index (χ2n) is 8.10. The third-order valence-electron chi connectivity index (χ3n) is 5.72. The van der Waals surface area contributed by atoms with Gasteiger partial charge in [-0.2, -0.15) is 4.31 Å². The molecule has 0 saturated heterocycles. The van der Waals surface area contributed by atoms with Crippen LogP contribution in [0.2, 0.25) is 0 Å². The molecule has 0 aromatic heterocycles. The average Bonchev–Trinajstić information content (AvgIpc) is 2.79. The number of carbonyl (C=O) groups is 1. The largest absolute Gasteiger partial charge is 0.497 e. The Hall–Kier alpha value is -2.84. The minimum absolute atomic E-state index is 0.0992. The molecule has 0 spiro atoms. The van der Waals surface area contributed by atoms with Crippen LogP contribution in [0.15, 0.2) is 61.2 Å². The van der Waals surface area contributed by atoms with Crippen LogP contribution in [0.5, 0.6) is 11.5 Å². The number of carboxylic acid groups (broad SMARTS) is 1. The highest BCUT2D eigenvalue weighted by Crippen LogP contribution is 2.30. The normalized spacial score (nSPS) is 14.3. The summed E-state index contributed by atoms with van der Waals surface area (Å²) in [6.07, 6.45) is 2.01. The molecule has 0 heterocycles. The van der Waals surface area contributed by atoms with Crippen LogP contribution in [0.3, 0.4) is 0 Å². The van der Waals surface area contributed by atoms with Crippen molar-refractivity contribution in [3.8, 4) is 11.5 Å². The van der Waals surface area contributed by atoms with Crippen LogP contribution in [0, 0.1) is 11.8 Å². The number of carboxylic acids is 1. The molecule has 0 amide bonds. The van der Waals surface area contributed by atoms with E-state index in [-0.39, 0.29) is 13.1 Å². The number of hydrogen-bond acceptors (Lipinski definition) is 5. The fourth-order valence-corrected chi connectivity index (χ4v) is 6.19. The fraction of sp³-hybridized carbons (Fsp3) is 0.400. The molecule has 180 valence electrons. The van der Waals surface area contributed by atoms with Crippen molar-refractivity contribution in [2.75, 3.05) is 14.2 Å². The number of aliphatic carboxylic acids is 1. The Labute approximate surface area is 196 Å². The molecular formula is C25H33NO6S. The molecule has 0 aliphatic heterocycles. The Balaban J connectivity index is 2.49. The van der Waals surface area contributed by atoms with E-state index >= 15 is 0 Å². The highest BCUT2D eigenvalue weighted by atomic mass is 32.2. The molecule has 1 unspecified atom stereocenters. The van der Waals surface area contributed by atoms with Gasteiger partial charge in [0.25, 0.3) is 0 Å². The van der Waals surface area contributed by atoms with Gasteiger partial charge in [-0.05, 0) is 47.7 Å². The first kappa shape index (κ1) is 26.4. The number of methoxy groups -OCH3 is 2. The summed E-state index contributed by atoms with van der Waals surface area (Å²) < 4.78 is 39.6. The van der Waals surface area contributed by atoms with Crippen molar-refractivity contribution in [2.45, 2.75) is 38.6 Å². The predicted molar refractivity (Wildman–Crippen MR) is 129 cm³/mol. The molecule has 0 saturated carbocycles. The summed E-state index contributed by atoms with van der Waals surface area (Å²) in [5.41, 5.74) is 1.54. The van der Waals surface area contributed by atoms with Gasteiger partial charge in [0.05, 0.1) is 25.4 Å². The van der Waals surface area contributed by atoms with E-state index in [1.807, 2.05) is 0 Å². The highest BCUT2D eigenvalue weighted by Gasteiger charge is 2.42. The zero-order valence-electron chi connectivity index (χ0n) is 19.6. The van der Waals surface area contributed by atoms with Crippen molar-refractivity contribution < 1.29 is 27.8 Å². The molecule has 0 aliphatic carbocycles. The zero-order valence-corrected chi connectivity index (χ0v) is 20.4. The zero-order chi connectivity index (χ0) is 24.6. The molecule has 0 aliphatic rings. The Morgan fingerprint density at radius 2 is 1.39 bits per heavy atom. The lowest BCUT2D eigenvalue weighted by molar-refractivity contribution is -0.141. The van der Waals surface area contributed by atoms with Gasteiger partial charge in [-0.1, -0.05) is 44.2 Å². The Morgan fingerprint density at radius 3 is 1.73 bits per heavy atom. The van der Waals surface area contributed by atoms with Crippen LogP contribution in [-0.2, 0) is 27.9 Å². The van der Waals surface area contributed by atoms with Crippen LogP contribution in [0.1, 0.15) is 31.4 Å². The van der Waals surface area contributed by atoms with Crippen LogP contribution in [-0.4, -0.2) is 43.3 Å². The first-order valence-corrected chi connectivity index (χ1v) is 12.2. The van der Waals surface area contributed by atoms with Crippen molar-refractivity contribution in [2.24, 2.45) is 11.8 Å². The summed E-state index contributed by atoms with van der Waals surface area (Å²) >= 11 is 0. The van der Waals surface area contributed by atoms with Gasteiger partial charge >= 0.3 is 5.97 Å². The number of ether oxygens (including phenoxy) is 2. The number of benzene rings is 2. The van der Waals surface area contributed by atoms with E-state index in [1.54, 1.807) is 75.8 Å². The third kappa shape index (κ3) is 6.82. The van der Waals surface area contributed by atoms with Gasteiger partial charge in [0, 0.05) is 13.1 Å². The van der Waals surface area contributed by atoms with Gasteiger partial charge in [-0.25, -0.2) is 8.42 Å². The average molecular weight is 476 g/mol. The monoisotopic (exact) mass is 475 g/mol. The van der Waals surface area contributed by atoms with E-state index in [4.69, 9.17) is 9.47 Å². The summed E-state index contributed by atoms with van der Waals surface area (Å²) in [5, 5.41) is 8.57. The summed E-state index contributed by atoms with van der Waals surface area (Å²) in [6.45, 7) is 7.10. The van der Waals surface area contributed by atoms with Crippen LogP contribution < -0.4 is 9.47 Å². The van der Waals surface area contributed by atoms with Gasteiger partial charge in [0.2, 0.25) is 10.0 Å². The number of allylic oxidation sites excluding steroid dienone is 1. The standard InChI is InChI=1S/C25H33NO6S/c1-6-7-18(2)24(19(3)25(27)28)33(29,30)26(16-20-8-12-22(31-4)13-9-20)17-21-10-14-23(32-5)15-11-21/h6,8-15,18-19,24H,1,7,16-17H2,2-5H3,(H,27,28)/t18-,19?,24-/m1/s1. The summed E-state index contributed by atoms with van der Waals surface area (Å²) in [6, 6.07) is 14.3. The second-order valence-corrected chi connectivity index (χ2v) is 10.2. The minimum Gasteiger partial charge on any atom is -0.497 e. The van der Waals surface area contributed by atoms with Crippen LogP contribution in [0.25, 0.3) is 0 Å². The SMILES string of the molecule is C=CC[C@@H](C)[C@H](C(C)C(=O)O)S(=O)(=O)N(Cc1ccc(OC)cc1)Cc1ccc(OC)cc1. The van der Waals surface area contributed by atoms with Gasteiger partial charge in [0.15, 0.2) is 0 Å². The molecule has 2 aromatic carbocycles. The lowest BCUT2D eigenvalue weighted by atomic mass is 9.94. The number of sulfonamides is 1. The molecular weight excluding hydrogens is 442 g/mol. The molecule has 2 rings (SSSR count). The van der Waals surface area contributed by atoms with E-state index < -0.39 is 33.1 Å². The fourth-order valence-electron chi connectivity index (χ4n) is 3.86. The van der Waals surface area contributed by atoms with Gasteiger partial charge in [0.1, 0.15) is 11.5 Å². The van der Waals surface area contributed by atoms with Gasteiger partial charge in [-0.3, -0.25) is 4.79 Å². The molecule has 7 nitrogen and oxygen atoms in total. The van der Waals surface area contributed by atoms with E-state index in [0.717, 1.165) is 11.1 Å². The lowest BCUT2D eigenvalue weighted by Crippen LogP contribution is -2.46. The smallest absolute Gasteiger partial charge is 0.307 e. The molecule has 3 atom stereocenters.